The van der Waals surface area contributed by atoms with E-state index in [0.717, 1.165) is 33.6 Å². The molecule has 0 aliphatic heterocycles. The molecular weight excluding hydrogens is 343 g/mol. The van der Waals surface area contributed by atoms with Gasteiger partial charge in [0.2, 0.25) is 5.91 Å². The molecule has 2 aromatic carbocycles. The fourth-order valence-electron chi connectivity index (χ4n) is 3.22. The maximum Gasteiger partial charge on any atom is 0.224 e. The number of carbonyl (C=O) groups excluding carboxylic acids is 1. The number of para-hydroxylation sites is 1. The van der Waals surface area contributed by atoms with Crippen molar-refractivity contribution in [2.75, 3.05) is 0 Å². The predicted molar refractivity (Wildman–Crippen MR) is 103 cm³/mol. The predicted octanol–water partition coefficient (Wildman–Crippen LogP) is 3.86. The van der Waals surface area contributed by atoms with Crippen LogP contribution >= 0.6 is 0 Å². The highest BCUT2D eigenvalue weighted by atomic mass is 19.1. The number of aryl methyl sites for hydroxylation is 1. The van der Waals surface area contributed by atoms with Gasteiger partial charge in [-0.2, -0.15) is 5.10 Å². The van der Waals surface area contributed by atoms with Crippen molar-refractivity contribution >= 4 is 16.8 Å². The smallest absolute Gasteiger partial charge is 0.224 e. The number of H-pyrrole nitrogens is 2. The summed E-state index contributed by atoms with van der Waals surface area (Å²) in [6.07, 6.45) is 0.189. The molecular formula is C21H19FN4O. The molecule has 0 radical (unpaired) electrons. The van der Waals surface area contributed by atoms with Crippen molar-refractivity contribution in [3.8, 4) is 11.3 Å². The molecule has 4 aromatic rings. The van der Waals surface area contributed by atoms with Crippen molar-refractivity contribution < 1.29 is 9.18 Å². The zero-order chi connectivity index (χ0) is 18.8. The van der Waals surface area contributed by atoms with E-state index in [2.05, 4.69) is 20.5 Å². The monoisotopic (exact) mass is 362 g/mol. The van der Waals surface area contributed by atoms with Crippen LogP contribution < -0.4 is 5.32 Å². The third kappa shape index (κ3) is 3.46. The molecule has 0 fully saturated rings. The summed E-state index contributed by atoms with van der Waals surface area (Å²) < 4.78 is 13.9. The minimum Gasteiger partial charge on any atom is -0.356 e. The molecule has 0 aliphatic rings. The summed E-state index contributed by atoms with van der Waals surface area (Å²) in [7, 11) is 0. The average Bonchev–Trinajstić information content (AvgIpc) is 3.27. The van der Waals surface area contributed by atoms with E-state index in [-0.39, 0.29) is 18.1 Å². The van der Waals surface area contributed by atoms with Crippen molar-refractivity contribution in [1.29, 1.82) is 0 Å². The Labute approximate surface area is 155 Å². The molecule has 4 rings (SSSR count). The van der Waals surface area contributed by atoms with Crippen LogP contribution in [0.5, 0.6) is 0 Å². The Morgan fingerprint density at radius 2 is 1.96 bits per heavy atom. The van der Waals surface area contributed by atoms with Crippen LogP contribution in [0, 0.1) is 12.7 Å². The van der Waals surface area contributed by atoms with E-state index in [1.807, 2.05) is 49.4 Å². The first-order valence-electron chi connectivity index (χ1n) is 8.74. The number of fused-ring (bicyclic) bond motifs is 1. The minimum atomic E-state index is -0.312. The lowest BCUT2D eigenvalue weighted by Crippen LogP contribution is -2.24. The zero-order valence-electron chi connectivity index (χ0n) is 14.8. The first-order chi connectivity index (χ1) is 13.1. The van der Waals surface area contributed by atoms with Gasteiger partial charge >= 0.3 is 0 Å². The Bertz CT molecular complexity index is 1100. The van der Waals surface area contributed by atoms with E-state index in [4.69, 9.17) is 0 Å². The lowest BCUT2D eigenvalue weighted by Gasteiger charge is -2.04. The Morgan fingerprint density at radius 3 is 2.78 bits per heavy atom. The number of hydrogen-bond donors (Lipinski definition) is 3. The normalized spacial score (nSPS) is 11.0. The molecule has 27 heavy (non-hydrogen) atoms. The first kappa shape index (κ1) is 17.0. The summed E-state index contributed by atoms with van der Waals surface area (Å²) in [5, 5.41) is 10.9. The summed E-state index contributed by atoms with van der Waals surface area (Å²) in [6, 6.07) is 16.6. The number of amides is 1. The number of nitrogens with zero attached hydrogens (tertiary/aromatic N) is 1. The van der Waals surface area contributed by atoms with Gasteiger partial charge in [0.25, 0.3) is 0 Å². The Balaban J connectivity index is 1.43. The molecule has 2 aromatic heterocycles. The van der Waals surface area contributed by atoms with Gasteiger partial charge in [0.1, 0.15) is 5.82 Å². The third-order valence-electron chi connectivity index (χ3n) is 4.62. The molecule has 0 unspecified atom stereocenters. The van der Waals surface area contributed by atoms with E-state index in [1.165, 1.54) is 6.07 Å². The van der Waals surface area contributed by atoms with Gasteiger partial charge < -0.3 is 10.3 Å². The lowest BCUT2D eigenvalue weighted by atomic mass is 10.1. The number of aromatic nitrogens is 3. The molecule has 0 saturated carbocycles. The average molecular weight is 362 g/mol. The van der Waals surface area contributed by atoms with Crippen LogP contribution in [0.25, 0.3) is 22.2 Å². The van der Waals surface area contributed by atoms with Gasteiger partial charge in [0.15, 0.2) is 0 Å². The van der Waals surface area contributed by atoms with E-state index in [0.29, 0.717) is 12.1 Å². The second-order valence-electron chi connectivity index (χ2n) is 6.49. The van der Waals surface area contributed by atoms with Crippen LogP contribution in [-0.4, -0.2) is 21.1 Å². The molecule has 0 atom stereocenters. The van der Waals surface area contributed by atoms with Crippen molar-refractivity contribution in [3.05, 3.63) is 77.4 Å². The van der Waals surface area contributed by atoms with Crippen molar-refractivity contribution in [2.45, 2.75) is 19.9 Å². The van der Waals surface area contributed by atoms with Crippen LogP contribution in [0.2, 0.25) is 0 Å². The van der Waals surface area contributed by atoms with Crippen LogP contribution in [0.15, 0.2) is 54.6 Å². The topological polar surface area (TPSA) is 73.6 Å². The summed E-state index contributed by atoms with van der Waals surface area (Å²) in [5.41, 5.74) is 4.74. The van der Waals surface area contributed by atoms with Crippen molar-refractivity contribution in [3.63, 3.8) is 0 Å². The van der Waals surface area contributed by atoms with Gasteiger partial charge in [-0.25, -0.2) is 4.39 Å². The molecule has 0 spiro atoms. The number of benzene rings is 2. The molecule has 2 heterocycles. The molecule has 1 amide bonds. The highest BCUT2D eigenvalue weighted by Crippen LogP contribution is 2.24. The van der Waals surface area contributed by atoms with Gasteiger partial charge in [0, 0.05) is 16.6 Å². The second-order valence-corrected chi connectivity index (χ2v) is 6.49. The second kappa shape index (κ2) is 7.07. The molecule has 0 saturated heterocycles. The van der Waals surface area contributed by atoms with Gasteiger partial charge in [-0.05, 0) is 24.6 Å². The van der Waals surface area contributed by atoms with E-state index in [1.54, 1.807) is 6.07 Å². The van der Waals surface area contributed by atoms with Crippen LogP contribution in [0.3, 0.4) is 0 Å². The SMILES string of the molecule is Cc1[nH]c2c(F)cccc2c1CC(=O)NCc1cc(-c2ccccc2)n[nH]1. The Morgan fingerprint density at radius 1 is 1.15 bits per heavy atom. The summed E-state index contributed by atoms with van der Waals surface area (Å²) >= 11 is 0. The van der Waals surface area contributed by atoms with E-state index >= 15 is 0 Å². The van der Waals surface area contributed by atoms with Crippen LogP contribution in [-0.2, 0) is 17.8 Å². The summed E-state index contributed by atoms with van der Waals surface area (Å²) in [6.45, 7) is 2.21. The molecule has 136 valence electrons. The van der Waals surface area contributed by atoms with Gasteiger partial charge in [-0.1, -0.05) is 42.5 Å². The van der Waals surface area contributed by atoms with E-state index in [9.17, 15) is 9.18 Å². The van der Waals surface area contributed by atoms with Crippen molar-refractivity contribution in [1.82, 2.24) is 20.5 Å². The molecule has 5 nitrogen and oxygen atoms in total. The van der Waals surface area contributed by atoms with Crippen LogP contribution in [0.1, 0.15) is 17.0 Å². The number of aromatic amines is 2. The fourth-order valence-corrected chi connectivity index (χ4v) is 3.22. The van der Waals surface area contributed by atoms with Crippen molar-refractivity contribution in [2.24, 2.45) is 0 Å². The minimum absolute atomic E-state index is 0.126. The Kier molecular flexibility index (Phi) is 4.46. The lowest BCUT2D eigenvalue weighted by molar-refractivity contribution is -0.120. The number of hydrogen-bond acceptors (Lipinski definition) is 2. The van der Waals surface area contributed by atoms with Crippen LogP contribution in [0.4, 0.5) is 4.39 Å². The molecule has 0 bridgehead atoms. The molecule has 3 N–H and O–H groups in total. The van der Waals surface area contributed by atoms with Gasteiger partial charge in [0.05, 0.1) is 29.9 Å². The number of halogens is 1. The quantitative estimate of drug-likeness (QED) is 0.504. The number of rotatable bonds is 5. The molecule has 0 aliphatic carbocycles. The maximum atomic E-state index is 13.9. The highest BCUT2D eigenvalue weighted by Gasteiger charge is 2.14. The van der Waals surface area contributed by atoms with Gasteiger partial charge in [-0.15, -0.1) is 0 Å². The number of nitrogens with one attached hydrogen (secondary N) is 3. The Hall–Kier alpha value is -3.41. The first-order valence-corrected chi connectivity index (χ1v) is 8.74. The maximum absolute atomic E-state index is 13.9. The third-order valence-corrected chi connectivity index (χ3v) is 4.62. The largest absolute Gasteiger partial charge is 0.356 e. The van der Waals surface area contributed by atoms with Gasteiger partial charge in [-0.3, -0.25) is 9.89 Å². The standard InChI is InChI=1S/C21H19FN4O/c1-13-17(16-8-5-9-18(22)21(16)24-13)11-20(27)23-12-15-10-19(26-25-15)14-6-3-2-4-7-14/h2-10,24H,11-12H2,1H3,(H,23,27)(H,25,26). The number of carbonyl (C=O) groups is 1. The fraction of sp³-hybridized carbons (Fsp3) is 0.143. The van der Waals surface area contributed by atoms with E-state index < -0.39 is 0 Å². The summed E-state index contributed by atoms with van der Waals surface area (Å²) in [5.74, 6) is -0.438. The highest BCUT2D eigenvalue weighted by molar-refractivity contribution is 5.90. The summed E-state index contributed by atoms with van der Waals surface area (Å²) in [4.78, 5) is 15.4. The molecule has 6 heteroatoms. The zero-order valence-corrected chi connectivity index (χ0v) is 14.8.